The number of esters is 1. The van der Waals surface area contributed by atoms with E-state index < -0.39 is 0 Å². The SMILES string of the molecule is COC(=O)C12CC(C(=O)N[C@H](C)C(C)C)(C1)C2. The standard InChI is InChI=1S/C13H21NO3/c1-8(2)9(3)14-10(15)12-5-13(6-12,7-12)11(16)17-4/h8-9H,5-7H2,1-4H3,(H,14,15)/t9-,12?,13?/m1/s1. The molecule has 0 heterocycles. The summed E-state index contributed by atoms with van der Waals surface area (Å²) in [7, 11) is 1.41. The van der Waals surface area contributed by atoms with Gasteiger partial charge in [-0.15, -0.1) is 0 Å². The van der Waals surface area contributed by atoms with E-state index in [-0.39, 0.29) is 28.7 Å². The molecule has 3 saturated carbocycles. The zero-order valence-corrected chi connectivity index (χ0v) is 11.0. The van der Waals surface area contributed by atoms with Crippen molar-refractivity contribution >= 4 is 11.9 Å². The number of amides is 1. The molecule has 0 spiro atoms. The van der Waals surface area contributed by atoms with Gasteiger partial charge in [0.1, 0.15) is 0 Å². The molecule has 3 rings (SSSR count). The largest absolute Gasteiger partial charge is 0.469 e. The second kappa shape index (κ2) is 3.72. The molecule has 96 valence electrons. The average Bonchev–Trinajstić information content (AvgIpc) is 2.12. The van der Waals surface area contributed by atoms with Gasteiger partial charge >= 0.3 is 5.97 Å². The predicted octanol–water partition coefficient (Wildman–Crippen LogP) is 1.49. The van der Waals surface area contributed by atoms with Crippen LogP contribution < -0.4 is 5.32 Å². The Kier molecular flexibility index (Phi) is 2.71. The lowest BCUT2D eigenvalue weighted by Crippen LogP contribution is -2.71. The highest BCUT2D eigenvalue weighted by Crippen LogP contribution is 2.73. The molecular weight excluding hydrogens is 218 g/mol. The number of carbonyl (C=O) groups excluding carboxylic acids is 2. The number of carbonyl (C=O) groups is 2. The van der Waals surface area contributed by atoms with Gasteiger partial charge in [0, 0.05) is 6.04 Å². The quantitative estimate of drug-likeness (QED) is 0.756. The van der Waals surface area contributed by atoms with Crippen molar-refractivity contribution in [3.8, 4) is 0 Å². The summed E-state index contributed by atoms with van der Waals surface area (Å²) in [6, 6.07) is 0.186. The van der Waals surface area contributed by atoms with Crippen LogP contribution in [0.1, 0.15) is 40.0 Å². The molecule has 1 amide bonds. The predicted molar refractivity (Wildman–Crippen MR) is 63.2 cm³/mol. The number of nitrogens with one attached hydrogen (secondary N) is 1. The number of ether oxygens (including phenoxy) is 1. The maximum absolute atomic E-state index is 12.1. The molecule has 3 aliphatic carbocycles. The van der Waals surface area contributed by atoms with Gasteiger partial charge in [-0.3, -0.25) is 9.59 Å². The molecule has 0 aromatic rings. The Morgan fingerprint density at radius 1 is 1.12 bits per heavy atom. The van der Waals surface area contributed by atoms with Gasteiger partial charge in [-0.05, 0) is 32.1 Å². The van der Waals surface area contributed by atoms with Gasteiger partial charge in [0.05, 0.1) is 17.9 Å². The zero-order valence-electron chi connectivity index (χ0n) is 11.0. The first-order valence-electron chi connectivity index (χ1n) is 6.25. The Labute approximate surface area is 102 Å². The van der Waals surface area contributed by atoms with E-state index in [1.165, 1.54) is 7.11 Å². The smallest absolute Gasteiger partial charge is 0.311 e. The Hall–Kier alpha value is -1.06. The molecule has 2 bridgehead atoms. The summed E-state index contributed by atoms with van der Waals surface area (Å²) < 4.78 is 4.77. The van der Waals surface area contributed by atoms with Gasteiger partial charge in [-0.25, -0.2) is 0 Å². The normalized spacial score (nSPS) is 35.6. The highest BCUT2D eigenvalue weighted by atomic mass is 16.5. The van der Waals surface area contributed by atoms with Gasteiger partial charge in [-0.2, -0.15) is 0 Å². The Morgan fingerprint density at radius 2 is 1.65 bits per heavy atom. The number of methoxy groups -OCH3 is 1. The van der Waals surface area contributed by atoms with E-state index in [4.69, 9.17) is 4.74 Å². The minimum absolute atomic E-state index is 0.115. The van der Waals surface area contributed by atoms with Crippen LogP contribution in [0, 0.1) is 16.7 Å². The van der Waals surface area contributed by atoms with Crippen LogP contribution in [-0.4, -0.2) is 25.0 Å². The maximum atomic E-state index is 12.1. The zero-order chi connectivity index (χ0) is 12.8. The van der Waals surface area contributed by atoms with Crippen LogP contribution in [0.3, 0.4) is 0 Å². The minimum Gasteiger partial charge on any atom is -0.469 e. The van der Waals surface area contributed by atoms with Crippen molar-refractivity contribution in [2.45, 2.75) is 46.1 Å². The Bertz CT molecular complexity index is 342. The lowest BCUT2D eigenvalue weighted by molar-refractivity contribution is -0.223. The van der Waals surface area contributed by atoms with E-state index in [9.17, 15) is 9.59 Å². The third kappa shape index (κ3) is 1.65. The molecule has 1 N–H and O–H groups in total. The molecule has 3 fully saturated rings. The van der Waals surface area contributed by atoms with E-state index in [0.29, 0.717) is 25.2 Å². The molecule has 0 aliphatic heterocycles. The van der Waals surface area contributed by atoms with Gasteiger partial charge in [0.15, 0.2) is 0 Å². The fourth-order valence-corrected chi connectivity index (χ4v) is 2.99. The summed E-state index contributed by atoms with van der Waals surface area (Å²) in [5.41, 5.74) is -0.593. The first-order chi connectivity index (χ1) is 7.85. The molecular formula is C13H21NO3. The average molecular weight is 239 g/mol. The van der Waals surface area contributed by atoms with Crippen molar-refractivity contribution in [1.29, 1.82) is 0 Å². The van der Waals surface area contributed by atoms with Gasteiger partial charge in [0.2, 0.25) is 5.91 Å². The third-order valence-electron chi connectivity index (χ3n) is 4.49. The second-order valence-electron chi connectivity index (χ2n) is 6.09. The van der Waals surface area contributed by atoms with Crippen LogP contribution >= 0.6 is 0 Å². The fourth-order valence-electron chi connectivity index (χ4n) is 2.99. The summed E-state index contributed by atoms with van der Waals surface area (Å²) >= 11 is 0. The first-order valence-corrected chi connectivity index (χ1v) is 6.25. The molecule has 0 unspecified atom stereocenters. The number of rotatable bonds is 4. The van der Waals surface area contributed by atoms with Crippen LogP contribution in [0.5, 0.6) is 0 Å². The topological polar surface area (TPSA) is 55.4 Å². The van der Waals surface area contributed by atoms with E-state index in [0.717, 1.165) is 0 Å². The molecule has 17 heavy (non-hydrogen) atoms. The van der Waals surface area contributed by atoms with Crippen molar-refractivity contribution in [1.82, 2.24) is 5.32 Å². The van der Waals surface area contributed by atoms with Gasteiger partial charge in [-0.1, -0.05) is 13.8 Å². The summed E-state index contributed by atoms with van der Waals surface area (Å²) in [5, 5.41) is 3.04. The van der Waals surface area contributed by atoms with Crippen molar-refractivity contribution in [3.63, 3.8) is 0 Å². The minimum atomic E-state index is -0.326. The van der Waals surface area contributed by atoms with Crippen LogP contribution in [-0.2, 0) is 14.3 Å². The molecule has 3 aliphatic rings. The molecule has 4 heteroatoms. The monoisotopic (exact) mass is 239 g/mol. The second-order valence-corrected chi connectivity index (χ2v) is 6.09. The maximum Gasteiger partial charge on any atom is 0.311 e. The summed E-state index contributed by atoms with van der Waals surface area (Å²) in [6.07, 6.45) is 2.01. The van der Waals surface area contributed by atoms with E-state index in [1.54, 1.807) is 0 Å². The fraction of sp³-hybridized carbons (Fsp3) is 0.846. The van der Waals surface area contributed by atoms with Gasteiger partial charge in [0.25, 0.3) is 0 Å². The van der Waals surface area contributed by atoms with Crippen molar-refractivity contribution < 1.29 is 14.3 Å². The molecule has 0 aromatic heterocycles. The van der Waals surface area contributed by atoms with Crippen LogP contribution in [0.2, 0.25) is 0 Å². The first kappa shape index (κ1) is 12.4. The Balaban J connectivity index is 1.88. The van der Waals surface area contributed by atoms with Crippen LogP contribution in [0.25, 0.3) is 0 Å². The number of hydrogen-bond acceptors (Lipinski definition) is 3. The summed E-state index contributed by atoms with van der Waals surface area (Å²) in [5.74, 6) is 0.398. The molecule has 0 aromatic carbocycles. The molecule has 4 nitrogen and oxygen atoms in total. The van der Waals surface area contributed by atoms with Crippen molar-refractivity contribution in [2.75, 3.05) is 7.11 Å². The van der Waals surface area contributed by atoms with E-state index in [2.05, 4.69) is 19.2 Å². The molecule has 0 radical (unpaired) electrons. The highest BCUT2D eigenvalue weighted by Gasteiger charge is 2.75. The van der Waals surface area contributed by atoms with Crippen LogP contribution in [0.4, 0.5) is 0 Å². The molecule has 1 atom stereocenters. The van der Waals surface area contributed by atoms with Crippen molar-refractivity contribution in [3.05, 3.63) is 0 Å². The van der Waals surface area contributed by atoms with E-state index >= 15 is 0 Å². The summed E-state index contributed by atoms with van der Waals surface area (Å²) in [4.78, 5) is 23.6. The lowest BCUT2D eigenvalue weighted by Gasteiger charge is -2.67. The highest BCUT2D eigenvalue weighted by molar-refractivity contribution is 5.93. The van der Waals surface area contributed by atoms with Crippen LogP contribution in [0.15, 0.2) is 0 Å². The van der Waals surface area contributed by atoms with Gasteiger partial charge < -0.3 is 10.1 Å². The molecule has 0 saturated heterocycles. The van der Waals surface area contributed by atoms with Crippen molar-refractivity contribution in [2.24, 2.45) is 16.7 Å². The number of hydrogen-bond donors (Lipinski definition) is 1. The van der Waals surface area contributed by atoms with E-state index in [1.807, 2.05) is 6.92 Å². The lowest BCUT2D eigenvalue weighted by atomic mass is 9.35. The Morgan fingerprint density at radius 3 is 2.06 bits per heavy atom. The summed E-state index contributed by atoms with van der Waals surface area (Å²) in [6.45, 7) is 6.19. The third-order valence-corrected chi connectivity index (χ3v) is 4.49.